The number of hydrogen-bond acceptors (Lipinski definition) is 4. The molecule has 82 valence electrons. The number of imidazole rings is 1. The lowest BCUT2D eigenvalue weighted by Gasteiger charge is -2.28. The molecule has 2 rings (SSSR count). The summed E-state index contributed by atoms with van der Waals surface area (Å²) in [6, 6.07) is 0. The largest absolute Gasteiger partial charge is 0.368 e. The van der Waals surface area contributed by atoms with E-state index in [1.807, 2.05) is 7.05 Å². The van der Waals surface area contributed by atoms with E-state index in [1.54, 1.807) is 6.20 Å². The number of Topliss-reactive ketones (excluding diaryl/α,β-unsaturated/α-hetero) is 1. The van der Waals surface area contributed by atoms with Crippen molar-refractivity contribution in [2.75, 3.05) is 26.7 Å². The summed E-state index contributed by atoms with van der Waals surface area (Å²) in [6.07, 6.45) is 1.52. The van der Waals surface area contributed by atoms with E-state index in [1.165, 1.54) is 6.92 Å². The topological polar surface area (TPSA) is 58.2 Å². The Balaban J connectivity index is 2.11. The summed E-state index contributed by atoms with van der Waals surface area (Å²) in [4.78, 5) is 20.4. The Morgan fingerprint density at radius 1 is 1.73 bits per heavy atom. The minimum atomic E-state index is -0.0446. The predicted molar refractivity (Wildman–Crippen MR) is 54.8 cm³/mol. The molecular weight excluding hydrogens is 194 g/mol. The normalized spacial score (nSPS) is 22.9. The lowest BCUT2D eigenvalue weighted by atomic mass is 10.3. The number of morpholine rings is 1. The first-order chi connectivity index (χ1) is 7.16. The molecule has 1 aliphatic heterocycles. The maximum absolute atomic E-state index is 11.1. The van der Waals surface area contributed by atoms with Gasteiger partial charge in [-0.2, -0.15) is 0 Å². The number of ether oxygens (including phenoxy) is 1. The number of H-pyrrole nitrogens is 1. The third-order valence-electron chi connectivity index (χ3n) is 2.55. The van der Waals surface area contributed by atoms with Crippen molar-refractivity contribution in [3.63, 3.8) is 0 Å². The standard InChI is InChI=1S/C10H15N3O2/c1-7(14)8-5-11-10(12-8)9-6-13(2)3-4-15-9/h5,9H,3-4,6H2,1-2H3,(H,11,12). The Kier molecular flexibility index (Phi) is 2.83. The van der Waals surface area contributed by atoms with Crippen molar-refractivity contribution in [3.8, 4) is 0 Å². The van der Waals surface area contributed by atoms with Gasteiger partial charge in [0.05, 0.1) is 12.8 Å². The lowest BCUT2D eigenvalue weighted by Crippen LogP contribution is -2.35. The summed E-state index contributed by atoms with van der Waals surface area (Å²) >= 11 is 0. The number of carbonyl (C=O) groups is 1. The van der Waals surface area contributed by atoms with Crippen LogP contribution in [0.2, 0.25) is 0 Å². The zero-order valence-corrected chi connectivity index (χ0v) is 8.99. The molecule has 1 fully saturated rings. The van der Waals surface area contributed by atoms with Crippen LogP contribution in [0.4, 0.5) is 0 Å². The van der Waals surface area contributed by atoms with E-state index in [9.17, 15) is 4.79 Å². The Hall–Kier alpha value is -1.20. The molecule has 0 spiro atoms. The monoisotopic (exact) mass is 209 g/mol. The zero-order valence-electron chi connectivity index (χ0n) is 8.99. The van der Waals surface area contributed by atoms with Gasteiger partial charge in [0.25, 0.3) is 0 Å². The van der Waals surface area contributed by atoms with Crippen LogP contribution < -0.4 is 0 Å². The minimum absolute atomic E-state index is 0.00193. The number of likely N-dealkylation sites (N-methyl/N-ethyl adjacent to an activating group) is 1. The molecule has 1 saturated heterocycles. The quantitative estimate of drug-likeness (QED) is 0.725. The number of aromatic nitrogens is 2. The fourth-order valence-electron chi connectivity index (χ4n) is 1.62. The van der Waals surface area contributed by atoms with Gasteiger partial charge in [-0.1, -0.05) is 0 Å². The number of ketones is 1. The van der Waals surface area contributed by atoms with Gasteiger partial charge in [0.1, 0.15) is 17.6 Å². The van der Waals surface area contributed by atoms with E-state index in [4.69, 9.17) is 4.74 Å². The summed E-state index contributed by atoms with van der Waals surface area (Å²) in [7, 11) is 2.05. The first kappa shape index (κ1) is 10.3. The molecule has 1 atom stereocenters. The van der Waals surface area contributed by atoms with Gasteiger partial charge < -0.3 is 14.6 Å². The van der Waals surface area contributed by atoms with Gasteiger partial charge in [0.15, 0.2) is 5.78 Å². The van der Waals surface area contributed by atoms with Crippen LogP contribution in [-0.4, -0.2) is 47.4 Å². The summed E-state index contributed by atoms with van der Waals surface area (Å²) in [5.41, 5.74) is 0.543. The summed E-state index contributed by atoms with van der Waals surface area (Å²) in [5.74, 6) is 0.740. The maximum Gasteiger partial charge on any atom is 0.177 e. The third-order valence-corrected chi connectivity index (χ3v) is 2.55. The molecule has 1 aliphatic rings. The molecule has 5 nitrogen and oxygen atoms in total. The molecule has 1 unspecified atom stereocenters. The Morgan fingerprint density at radius 2 is 2.53 bits per heavy atom. The molecule has 1 aromatic heterocycles. The SMILES string of the molecule is CC(=O)c1cnc(C2CN(C)CCO2)[nH]1. The van der Waals surface area contributed by atoms with Crippen LogP contribution in [-0.2, 0) is 4.74 Å². The van der Waals surface area contributed by atoms with Gasteiger partial charge in [0, 0.05) is 20.0 Å². The van der Waals surface area contributed by atoms with E-state index in [0.717, 1.165) is 18.9 Å². The minimum Gasteiger partial charge on any atom is -0.368 e. The number of rotatable bonds is 2. The molecule has 0 aliphatic carbocycles. The second-order valence-electron chi connectivity index (χ2n) is 3.86. The second-order valence-corrected chi connectivity index (χ2v) is 3.86. The summed E-state index contributed by atoms with van der Waals surface area (Å²) in [6.45, 7) is 3.98. The van der Waals surface area contributed by atoms with Crippen molar-refractivity contribution >= 4 is 5.78 Å². The van der Waals surface area contributed by atoms with Crippen LogP contribution in [0.1, 0.15) is 29.3 Å². The molecule has 0 radical (unpaired) electrons. The fourth-order valence-corrected chi connectivity index (χ4v) is 1.62. The van der Waals surface area contributed by atoms with E-state index in [-0.39, 0.29) is 11.9 Å². The predicted octanol–water partition coefficient (Wildman–Crippen LogP) is 0.615. The zero-order chi connectivity index (χ0) is 10.8. The highest BCUT2D eigenvalue weighted by molar-refractivity contribution is 5.91. The maximum atomic E-state index is 11.1. The van der Waals surface area contributed by atoms with Gasteiger partial charge in [-0.3, -0.25) is 4.79 Å². The van der Waals surface area contributed by atoms with Crippen LogP contribution in [0.25, 0.3) is 0 Å². The Morgan fingerprint density at radius 3 is 3.13 bits per heavy atom. The number of carbonyl (C=O) groups excluding carboxylic acids is 1. The Bertz CT molecular complexity index is 361. The number of aromatic amines is 1. The number of nitrogens with one attached hydrogen (secondary N) is 1. The molecule has 0 aromatic carbocycles. The van der Waals surface area contributed by atoms with Gasteiger partial charge in [-0.15, -0.1) is 0 Å². The van der Waals surface area contributed by atoms with E-state index < -0.39 is 0 Å². The average molecular weight is 209 g/mol. The van der Waals surface area contributed by atoms with Crippen LogP contribution in [0.3, 0.4) is 0 Å². The molecule has 2 heterocycles. The van der Waals surface area contributed by atoms with Crippen molar-refractivity contribution in [1.82, 2.24) is 14.9 Å². The molecular formula is C10H15N3O2. The van der Waals surface area contributed by atoms with Crippen molar-refractivity contribution in [2.45, 2.75) is 13.0 Å². The van der Waals surface area contributed by atoms with Crippen molar-refractivity contribution in [2.24, 2.45) is 0 Å². The summed E-state index contributed by atoms with van der Waals surface area (Å²) < 4.78 is 5.58. The number of nitrogens with zero attached hydrogens (tertiary/aromatic N) is 2. The highest BCUT2D eigenvalue weighted by Gasteiger charge is 2.22. The first-order valence-corrected chi connectivity index (χ1v) is 5.03. The molecule has 15 heavy (non-hydrogen) atoms. The molecule has 1 aromatic rings. The van der Waals surface area contributed by atoms with Crippen molar-refractivity contribution < 1.29 is 9.53 Å². The van der Waals surface area contributed by atoms with Gasteiger partial charge in [-0.25, -0.2) is 4.98 Å². The highest BCUT2D eigenvalue weighted by atomic mass is 16.5. The van der Waals surface area contributed by atoms with Crippen LogP contribution >= 0.6 is 0 Å². The lowest BCUT2D eigenvalue weighted by molar-refractivity contribution is -0.0251. The molecule has 0 amide bonds. The molecule has 0 saturated carbocycles. The van der Waals surface area contributed by atoms with Crippen LogP contribution in [0.5, 0.6) is 0 Å². The second kappa shape index (κ2) is 4.12. The van der Waals surface area contributed by atoms with Gasteiger partial charge in [0.2, 0.25) is 0 Å². The smallest absolute Gasteiger partial charge is 0.177 e. The fraction of sp³-hybridized carbons (Fsp3) is 0.600. The van der Waals surface area contributed by atoms with Crippen LogP contribution in [0.15, 0.2) is 6.20 Å². The van der Waals surface area contributed by atoms with Gasteiger partial charge >= 0.3 is 0 Å². The highest BCUT2D eigenvalue weighted by Crippen LogP contribution is 2.18. The average Bonchev–Trinajstić information content (AvgIpc) is 2.66. The summed E-state index contributed by atoms with van der Waals surface area (Å²) in [5, 5.41) is 0. The molecule has 5 heteroatoms. The van der Waals surface area contributed by atoms with Gasteiger partial charge in [-0.05, 0) is 7.05 Å². The van der Waals surface area contributed by atoms with E-state index >= 15 is 0 Å². The van der Waals surface area contributed by atoms with E-state index in [2.05, 4.69) is 14.9 Å². The van der Waals surface area contributed by atoms with Crippen molar-refractivity contribution in [1.29, 1.82) is 0 Å². The molecule has 1 N–H and O–H groups in total. The van der Waals surface area contributed by atoms with Crippen molar-refractivity contribution in [3.05, 3.63) is 17.7 Å². The third kappa shape index (κ3) is 2.24. The first-order valence-electron chi connectivity index (χ1n) is 5.03. The number of hydrogen-bond donors (Lipinski definition) is 1. The van der Waals surface area contributed by atoms with E-state index in [0.29, 0.717) is 12.3 Å². The molecule has 0 bridgehead atoms. The Labute approximate surface area is 88.4 Å². The van der Waals surface area contributed by atoms with Crippen LogP contribution in [0, 0.1) is 0 Å².